The van der Waals surface area contributed by atoms with Crippen molar-refractivity contribution in [3.8, 4) is 0 Å². The molecule has 1 aliphatic rings. The first-order valence-electron chi connectivity index (χ1n) is 7.01. The molecule has 0 amide bonds. The van der Waals surface area contributed by atoms with E-state index in [1.165, 1.54) is 18.4 Å². The van der Waals surface area contributed by atoms with Crippen molar-refractivity contribution in [1.82, 2.24) is 4.98 Å². The normalized spacial score (nSPS) is 14.6. The van der Waals surface area contributed by atoms with Crippen molar-refractivity contribution in [3.05, 3.63) is 52.6 Å². The molecule has 1 saturated heterocycles. The summed E-state index contributed by atoms with van der Waals surface area (Å²) in [5.41, 5.74) is 2.31. The van der Waals surface area contributed by atoms with Gasteiger partial charge in [-0.05, 0) is 36.6 Å². The molecule has 1 N–H and O–H groups in total. The molecule has 2 heterocycles. The Morgan fingerprint density at radius 2 is 1.90 bits per heavy atom. The SMILES string of the molecule is Brc1ccccc1CNc1ccc(N2CCCC2)nc1. The van der Waals surface area contributed by atoms with E-state index in [0.29, 0.717) is 0 Å². The fourth-order valence-corrected chi connectivity index (χ4v) is 2.89. The first kappa shape index (κ1) is 13.4. The highest BCUT2D eigenvalue weighted by atomic mass is 79.9. The Morgan fingerprint density at radius 3 is 2.60 bits per heavy atom. The third-order valence-corrected chi connectivity index (χ3v) is 4.39. The van der Waals surface area contributed by atoms with Gasteiger partial charge in [0.1, 0.15) is 5.82 Å². The molecule has 0 aliphatic carbocycles. The van der Waals surface area contributed by atoms with E-state index in [0.717, 1.165) is 35.6 Å². The topological polar surface area (TPSA) is 28.2 Å². The number of hydrogen-bond acceptors (Lipinski definition) is 3. The number of rotatable bonds is 4. The lowest BCUT2D eigenvalue weighted by atomic mass is 10.2. The van der Waals surface area contributed by atoms with E-state index >= 15 is 0 Å². The summed E-state index contributed by atoms with van der Waals surface area (Å²) >= 11 is 3.56. The second-order valence-corrected chi connectivity index (χ2v) is 5.90. The molecule has 4 heteroatoms. The van der Waals surface area contributed by atoms with Gasteiger partial charge in [0.2, 0.25) is 0 Å². The highest BCUT2D eigenvalue weighted by Crippen LogP contribution is 2.20. The molecule has 0 spiro atoms. The second-order valence-electron chi connectivity index (χ2n) is 5.04. The van der Waals surface area contributed by atoms with Gasteiger partial charge in [-0.3, -0.25) is 0 Å². The molecular weight excluding hydrogens is 314 g/mol. The maximum atomic E-state index is 4.55. The Labute approximate surface area is 128 Å². The molecular formula is C16H18BrN3. The monoisotopic (exact) mass is 331 g/mol. The van der Waals surface area contributed by atoms with Crippen molar-refractivity contribution >= 4 is 27.4 Å². The zero-order chi connectivity index (χ0) is 13.8. The van der Waals surface area contributed by atoms with Crippen LogP contribution in [0.3, 0.4) is 0 Å². The van der Waals surface area contributed by atoms with Gasteiger partial charge in [0.05, 0.1) is 11.9 Å². The van der Waals surface area contributed by atoms with E-state index in [1.54, 1.807) is 0 Å². The number of nitrogens with one attached hydrogen (secondary N) is 1. The van der Waals surface area contributed by atoms with E-state index in [4.69, 9.17) is 0 Å². The molecule has 0 saturated carbocycles. The second kappa shape index (κ2) is 6.27. The minimum Gasteiger partial charge on any atom is -0.380 e. The summed E-state index contributed by atoms with van der Waals surface area (Å²) in [5, 5.41) is 3.41. The fourth-order valence-electron chi connectivity index (χ4n) is 2.46. The van der Waals surface area contributed by atoms with Gasteiger partial charge < -0.3 is 10.2 Å². The Balaban J connectivity index is 1.62. The molecule has 0 radical (unpaired) electrons. The quantitative estimate of drug-likeness (QED) is 0.915. The Hall–Kier alpha value is -1.55. The molecule has 0 bridgehead atoms. The zero-order valence-corrected chi connectivity index (χ0v) is 12.9. The first-order chi connectivity index (χ1) is 9.83. The van der Waals surface area contributed by atoms with Crippen molar-refractivity contribution in [2.24, 2.45) is 0 Å². The van der Waals surface area contributed by atoms with E-state index < -0.39 is 0 Å². The summed E-state index contributed by atoms with van der Waals surface area (Å²) in [7, 11) is 0. The molecule has 0 unspecified atom stereocenters. The number of hydrogen-bond donors (Lipinski definition) is 1. The molecule has 0 atom stereocenters. The standard InChI is InChI=1S/C16H18BrN3/c17-15-6-2-1-5-13(15)11-18-14-7-8-16(19-12-14)20-9-3-4-10-20/h1-2,5-8,12,18H,3-4,9-11H2. The number of nitrogens with zero attached hydrogens (tertiary/aromatic N) is 2. The van der Waals surface area contributed by atoms with E-state index in [-0.39, 0.29) is 0 Å². The van der Waals surface area contributed by atoms with Crippen molar-refractivity contribution in [2.75, 3.05) is 23.3 Å². The summed E-state index contributed by atoms with van der Waals surface area (Å²) < 4.78 is 1.13. The van der Waals surface area contributed by atoms with Crippen LogP contribution in [0.5, 0.6) is 0 Å². The number of pyridine rings is 1. The Bertz CT molecular complexity index is 562. The maximum absolute atomic E-state index is 4.55. The third-order valence-electron chi connectivity index (χ3n) is 3.62. The molecule has 2 aromatic rings. The van der Waals surface area contributed by atoms with Crippen LogP contribution >= 0.6 is 15.9 Å². The average molecular weight is 332 g/mol. The van der Waals surface area contributed by atoms with Crippen LogP contribution in [-0.4, -0.2) is 18.1 Å². The van der Waals surface area contributed by atoms with Gasteiger partial charge in [0.15, 0.2) is 0 Å². The van der Waals surface area contributed by atoms with Gasteiger partial charge in [-0.1, -0.05) is 34.1 Å². The minimum absolute atomic E-state index is 0.798. The van der Waals surface area contributed by atoms with Crippen molar-refractivity contribution in [3.63, 3.8) is 0 Å². The van der Waals surface area contributed by atoms with Crippen LogP contribution in [0, 0.1) is 0 Å². The average Bonchev–Trinajstić information content (AvgIpc) is 3.01. The third kappa shape index (κ3) is 3.12. The fraction of sp³-hybridized carbons (Fsp3) is 0.312. The van der Waals surface area contributed by atoms with Crippen molar-refractivity contribution in [2.45, 2.75) is 19.4 Å². The van der Waals surface area contributed by atoms with Gasteiger partial charge in [-0.15, -0.1) is 0 Å². The number of benzene rings is 1. The lowest BCUT2D eigenvalue weighted by Gasteiger charge is -2.16. The largest absolute Gasteiger partial charge is 0.380 e. The van der Waals surface area contributed by atoms with Gasteiger partial charge in [-0.2, -0.15) is 0 Å². The number of aromatic nitrogens is 1. The van der Waals surface area contributed by atoms with Crippen LogP contribution in [0.2, 0.25) is 0 Å². The Morgan fingerprint density at radius 1 is 1.10 bits per heavy atom. The van der Waals surface area contributed by atoms with Crippen LogP contribution in [0.4, 0.5) is 11.5 Å². The molecule has 1 aromatic carbocycles. The lowest BCUT2D eigenvalue weighted by molar-refractivity contribution is 0.937. The zero-order valence-electron chi connectivity index (χ0n) is 11.3. The van der Waals surface area contributed by atoms with Gasteiger partial charge in [0.25, 0.3) is 0 Å². The van der Waals surface area contributed by atoms with E-state index in [1.807, 2.05) is 12.3 Å². The van der Waals surface area contributed by atoms with Crippen LogP contribution < -0.4 is 10.2 Å². The van der Waals surface area contributed by atoms with Crippen LogP contribution in [0.25, 0.3) is 0 Å². The highest BCUT2D eigenvalue weighted by molar-refractivity contribution is 9.10. The predicted octanol–water partition coefficient (Wildman–Crippen LogP) is 4.06. The van der Waals surface area contributed by atoms with Gasteiger partial charge >= 0.3 is 0 Å². The molecule has 1 fully saturated rings. The van der Waals surface area contributed by atoms with E-state index in [9.17, 15) is 0 Å². The van der Waals surface area contributed by atoms with Crippen LogP contribution in [-0.2, 0) is 6.54 Å². The maximum Gasteiger partial charge on any atom is 0.128 e. The molecule has 104 valence electrons. The molecule has 3 rings (SSSR count). The summed E-state index contributed by atoms with van der Waals surface area (Å²) in [6, 6.07) is 12.5. The van der Waals surface area contributed by atoms with Crippen LogP contribution in [0.15, 0.2) is 47.1 Å². The molecule has 1 aliphatic heterocycles. The number of anilines is 2. The minimum atomic E-state index is 0.798. The number of halogens is 1. The van der Waals surface area contributed by atoms with Crippen molar-refractivity contribution < 1.29 is 0 Å². The van der Waals surface area contributed by atoms with Gasteiger partial charge in [-0.25, -0.2) is 4.98 Å². The summed E-state index contributed by atoms with van der Waals surface area (Å²) in [6.45, 7) is 3.07. The van der Waals surface area contributed by atoms with Crippen molar-refractivity contribution in [1.29, 1.82) is 0 Å². The van der Waals surface area contributed by atoms with Crippen LogP contribution in [0.1, 0.15) is 18.4 Å². The molecule has 1 aromatic heterocycles. The molecule has 3 nitrogen and oxygen atoms in total. The smallest absolute Gasteiger partial charge is 0.128 e. The summed E-state index contributed by atoms with van der Waals surface area (Å²) in [6.07, 6.45) is 4.48. The lowest BCUT2D eigenvalue weighted by Crippen LogP contribution is -2.18. The summed E-state index contributed by atoms with van der Waals surface area (Å²) in [4.78, 5) is 6.89. The molecule has 20 heavy (non-hydrogen) atoms. The first-order valence-corrected chi connectivity index (χ1v) is 7.80. The van der Waals surface area contributed by atoms with Gasteiger partial charge in [0, 0.05) is 24.1 Å². The highest BCUT2D eigenvalue weighted by Gasteiger charge is 2.12. The van der Waals surface area contributed by atoms with E-state index in [2.05, 4.69) is 61.5 Å². The predicted molar refractivity (Wildman–Crippen MR) is 87.2 cm³/mol. The summed E-state index contributed by atoms with van der Waals surface area (Å²) in [5.74, 6) is 1.09. The Kier molecular flexibility index (Phi) is 4.21.